The normalized spacial score (nSPS) is 9.64. The van der Waals surface area contributed by atoms with E-state index in [0.29, 0.717) is 6.42 Å². The zero-order valence-electron chi connectivity index (χ0n) is 6.50. The van der Waals surface area contributed by atoms with Gasteiger partial charge in [0.2, 0.25) is 0 Å². The summed E-state index contributed by atoms with van der Waals surface area (Å²) in [6.45, 7) is 1.87. The largest absolute Gasteiger partial charge is 0.294 e. The second kappa shape index (κ2) is 3.64. The first kappa shape index (κ1) is 8.42. The Kier molecular flexibility index (Phi) is 2.78. The van der Waals surface area contributed by atoms with Crippen LogP contribution in [0.15, 0.2) is 24.3 Å². The van der Waals surface area contributed by atoms with Gasteiger partial charge in [0.05, 0.1) is 0 Å². The van der Waals surface area contributed by atoms with Crippen LogP contribution >= 0.6 is 9.24 Å². The maximum absolute atomic E-state index is 11.2. The van der Waals surface area contributed by atoms with E-state index in [1.54, 1.807) is 0 Å². The Balaban J connectivity index is 2.96. The van der Waals surface area contributed by atoms with Gasteiger partial charge < -0.3 is 0 Å². The zero-order chi connectivity index (χ0) is 8.27. The van der Waals surface area contributed by atoms with Crippen LogP contribution in [-0.2, 0) is 0 Å². The molecule has 0 aromatic heterocycles. The van der Waals surface area contributed by atoms with Crippen molar-refractivity contribution in [3.8, 4) is 0 Å². The topological polar surface area (TPSA) is 17.1 Å². The van der Waals surface area contributed by atoms with E-state index in [0.717, 1.165) is 10.9 Å². The molecule has 0 N–H and O–H groups in total. The van der Waals surface area contributed by atoms with Crippen molar-refractivity contribution in [2.45, 2.75) is 13.3 Å². The van der Waals surface area contributed by atoms with E-state index in [2.05, 4.69) is 9.24 Å². The summed E-state index contributed by atoms with van der Waals surface area (Å²) in [5, 5.41) is 1.06. The molecule has 58 valence electrons. The van der Waals surface area contributed by atoms with Gasteiger partial charge in [-0.15, -0.1) is 9.24 Å². The van der Waals surface area contributed by atoms with Crippen LogP contribution in [0.3, 0.4) is 0 Å². The summed E-state index contributed by atoms with van der Waals surface area (Å²) in [7, 11) is 2.58. The zero-order valence-corrected chi connectivity index (χ0v) is 7.66. The lowest BCUT2D eigenvalue weighted by atomic mass is 10.1. The highest BCUT2D eigenvalue weighted by atomic mass is 31.0. The van der Waals surface area contributed by atoms with Crippen LogP contribution in [0, 0.1) is 0 Å². The number of benzene rings is 1. The Bertz CT molecular complexity index is 268. The molecule has 0 spiro atoms. The molecular weight excluding hydrogens is 155 g/mol. The number of carbonyl (C=O) groups is 1. The van der Waals surface area contributed by atoms with Gasteiger partial charge in [0, 0.05) is 12.0 Å². The Hall–Kier alpha value is -0.680. The number of hydrogen-bond donors (Lipinski definition) is 0. The molecule has 0 heterocycles. The van der Waals surface area contributed by atoms with Crippen LogP contribution in [0.2, 0.25) is 0 Å². The molecule has 0 saturated heterocycles. The predicted octanol–water partition coefficient (Wildman–Crippen LogP) is 1.78. The first-order valence-corrected chi connectivity index (χ1v) is 4.20. The Morgan fingerprint density at radius 3 is 2.82 bits per heavy atom. The van der Waals surface area contributed by atoms with Gasteiger partial charge in [-0.2, -0.15) is 0 Å². The fourth-order valence-electron chi connectivity index (χ4n) is 0.916. The summed E-state index contributed by atoms with van der Waals surface area (Å²) >= 11 is 0. The molecule has 1 aromatic carbocycles. The quantitative estimate of drug-likeness (QED) is 0.483. The number of Topliss-reactive ketones (excluding diaryl/α,β-unsaturated/α-hetero) is 1. The van der Waals surface area contributed by atoms with Crippen molar-refractivity contribution in [2.75, 3.05) is 0 Å². The molecule has 0 aliphatic heterocycles. The molecule has 1 unspecified atom stereocenters. The number of ketones is 1. The molecule has 1 atom stereocenters. The lowest BCUT2D eigenvalue weighted by molar-refractivity contribution is 0.0988. The van der Waals surface area contributed by atoms with E-state index >= 15 is 0 Å². The average Bonchev–Trinajstić information content (AvgIpc) is 2.03. The summed E-state index contributed by atoms with van der Waals surface area (Å²) in [4.78, 5) is 11.2. The molecule has 0 bridgehead atoms. The highest BCUT2D eigenvalue weighted by Crippen LogP contribution is 2.02. The minimum Gasteiger partial charge on any atom is -0.294 e. The first-order chi connectivity index (χ1) is 5.24. The van der Waals surface area contributed by atoms with Gasteiger partial charge in [-0.3, -0.25) is 4.79 Å². The summed E-state index contributed by atoms with van der Waals surface area (Å²) in [6.07, 6.45) is 0.577. The number of rotatable bonds is 2. The second-order valence-electron chi connectivity index (χ2n) is 2.40. The first-order valence-electron chi connectivity index (χ1n) is 3.62. The molecule has 0 aliphatic carbocycles. The average molecular weight is 166 g/mol. The molecule has 0 aliphatic rings. The van der Waals surface area contributed by atoms with Gasteiger partial charge in [-0.25, -0.2) is 0 Å². The lowest BCUT2D eigenvalue weighted by Gasteiger charge is -1.97. The fraction of sp³-hybridized carbons (Fsp3) is 0.222. The Labute approximate surface area is 69.0 Å². The highest BCUT2D eigenvalue weighted by molar-refractivity contribution is 7.27. The Morgan fingerprint density at radius 2 is 2.27 bits per heavy atom. The smallest absolute Gasteiger partial charge is 0.162 e. The monoisotopic (exact) mass is 166 g/mol. The van der Waals surface area contributed by atoms with E-state index in [1.165, 1.54) is 0 Å². The Morgan fingerprint density at radius 1 is 1.55 bits per heavy atom. The summed E-state index contributed by atoms with van der Waals surface area (Å²) in [6, 6.07) is 7.58. The standard InChI is InChI=1S/C9H11OP/c1-2-9(10)7-4-3-5-8(11)6-7/h3-6H,2,11H2,1H3. The van der Waals surface area contributed by atoms with E-state index in [1.807, 2.05) is 31.2 Å². The fourth-order valence-corrected chi connectivity index (χ4v) is 1.21. The lowest BCUT2D eigenvalue weighted by Crippen LogP contribution is -2.00. The van der Waals surface area contributed by atoms with E-state index in [-0.39, 0.29) is 5.78 Å². The van der Waals surface area contributed by atoms with Crippen LogP contribution in [0.25, 0.3) is 0 Å². The van der Waals surface area contributed by atoms with Gasteiger partial charge in [-0.05, 0) is 11.4 Å². The van der Waals surface area contributed by atoms with Gasteiger partial charge >= 0.3 is 0 Å². The maximum atomic E-state index is 11.2. The van der Waals surface area contributed by atoms with Gasteiger partial charge in [0.15, 0.2) is 5.78 Å². The van der Waals surface area contributed by atoms with Crippen molar-refractivity contribution in [3.05, 3.63) is 29.8 Å². The summed E-state index contributed by atoms with van der Waals surface area (Å²) < 4.78 is 0. The highest BCUT2D eigenvalue weighted by Gasteiger charge is 2.00. The SMILES string of the molecule is CCC(=O)c1cccc(P)c1. The van der Waals surface area contributed by atoms with E-state index in [4.69, 9.17) is 0 Å². The molecule has 0 radical (unpaired) electrons. The minimum atomic E-state index is 0.203. The van der Waals surface area contributed by atoms with E-state index in [9.17, 15) is 4.79 Å². The second-order valence-corrected chi connectivity index (χ2v) is 3.07. The maximum Gasteiger partial charge on any atom is 0.162 e. The molecule has 0 amide bonds. The predicted molar refractivity (Wildman–Crippen MR) is 50.4 cm³/mol. The van der Waals surface area contributed by atoms with Crippen molar-refractivity contribution in [1.29, 1.82) is 0 Å². The third-order valence-electron chi connectivity index (χ3n) is 1.53. The van der Waals surface area contributed by atoms with E-state index < -0.39 is 0 Å². The molecule has 11 heavy (non-hydrogen) atoms. The summed E-state index contributed by atoms with van der Waals surface area (Å²) in [5.74, 6) is 0.203. The molecule has 2 heteroatoms. The third kappa shape index (κ3) is 2.13. The number of hydrogen-bond acceptors (Lipinski definition) is 1. The van der Waals surface area contributed by atoms with Gasteiger partial charge in [0.25, 0.3) is 0 Å². The van der Waals surface area contributed by atoms with Crippen molar-refractivity contribution in [2.24, 2.45) is 0 Å². The molecule has 0 fully saturated rings. The van der Waals surface area contributed by atoms with Crippen molar-refractivity contribution < 1.29 is 4.79 Å². The van der Waals surface area contributed by atoms with Crippen molar-refractivity contribution in [3.63, 3.8) is 0 Å². The van der Waals surface area contributed by atoms with Gasteiger partial charge in [0.1, 0.15) is 0 Å². The molecular formula is C9H11OP. The van der Waals surface area contributed by atoms with Crippen LogP contribution in [0.4, 0.5) is 0 Å². The van der Waals surface area contributed by atoms with Gasteiger partial charge in [-0.1, -0.05) is 25.1 Å². The van der Waals surface area contributed by atoms with Crippen LogP contribution < -0.4 is 5.30 Å². The molecule has 1 nitrogen and oxygen atoms in total. The van der Waals surface area contributed by atoms with Crippen molar-refractivity contribution in [1.82, 2.24) is 0 Å². The molecule has 1 rings (SSSR count). The minimum absolute atomic E-state index is 0.203. The van der Waals surface area contributed by atoms with Crippen LogP contribution in [-0.4, -0.2) is 5.78 Å². The van der Waals surface area contributed by atoms with Crippen LogP contribution in [0.5, 0.6) is 0 Å². The molecule has 0 saturated carbocycles. The van der Waals surface area contributed by atoms with Crippen molar-refractivity contribution >= 4 is 20.3 Å². The third-order valence-corrected chi connectivity index (χ3v) is 1.89. The molecule has 1 aromatic rings. The number of carbonyl (C=O) groups excluding carboxylic acids is 1. The van der Waals surface area contributed by atoms with Crippen LogP contribution in [0.1, 0.15) is 23.7 Å². The summed E-state index contributed by atoms with van der Waals surface area (Å²) in [5.41, 5.74) is 0.806.